The van der Waals surface area contributed by atoms with Crippen LogP contribution in [0, 0.1) is 11.8 Å². The van der Waals surface area contributed by atoms with Gasteiger partial charge in [-0.05, 0) is 18.1 Å². The van der Waals surface area contributed by atoms with Gasteiger partial charge in [-0.2, -0.15) is 0 Å². The van der Waals surface area contributed by atoms with E-state index in [0.717, 1.165) is 11.4 Å². The Bertz CT molecular complexity index is 404. The molecule has 0 bridgehead atoms. The quantitative estimate of drug-likeness (QED) is 0.844. The van der Waals surface area contributed by atoms with Crippen molar-refractivity contribution in [1.82, 2.24) is 0 Å². The summed E-state index contributed by atoms with van der Waals surface area (Å²) < 4.78 is 5.16. The third-order valence-corrected chi connectivity index (χ3v) is 3.09. The lowest BCUT2D eigenvalue weighted by Gasteiger charge is -2.25. The van der Waals surface area contributed by atoms with E-state index in [1.807, 2.05) is 50.1 Å². The number of benzene rings is 1. The van der Waals surface area contributed by atoms with Gasteiger partial charge < -0.3 is 14.7 Å². The van der Waals surface area contributed by atoms with Crippen LogP contribution in [0.2, 0.25) is 0 Å². The SMILES string of the molecule is COc1cccc(N(C)CC(C(=O)O)C(C)C)c1. The molecule has 0 aliphatic heterocycles. The summed E-state index contributed by atoms with van der Waals surface area (Å²) in [6.07, 6.45) is 0. The zero-order valence-corrected chi connectivity index (χ0v) is 11.4. The molecule has 0 aliphatic carbocycles. The van der Waals surface area contributed by atoms with Crippen molar-refractivity contribution in [3.63, 3.8) is 0 Å². The predicted octanol–water partition coefficient (Wildman–Crippen LogP) is 2.49. The van der Waals surface area contributed by atoms with Gasteiger partial charge in [0.05, 0.1) is 13.0 Å². The Morgan fingerprint density at radius 1 is 1.44 bits per heavy atom. The third-order valence-electron chi connectivity index (χ3n) is 3.09. The first-order valence-electron chi connectivity index (χ1n) is 6.03. The molecule has 1 unspecified atom stereocenters. The van der Waals surface area contributed by atoms with Crippen LogP contribution < -0.4 is 9.64 Å². The summed E-state index contributed by atoms with van der Waals surface area (Å²) in [4.78, 5) is 13.1. The van der Waals surface area contributed by atoms with E-state index >= 15 is 0 Å². The summed E-state index contributed by atoms with van der Waals surface area (Å²) in [5.41, 5.74) is 0.959. The minimum atomic E-state index is -0.750. The lowest BCUT2D eigenvalue weighted by atomic mass is 9.95. The maximum atomic E-state index is 11.2. The van der Waals surface area contributed by atoms with E-state index in [4.69, 9.17) is 4.74 Å². The smallest absolute Gasteiger partial charge is 0.308 e. The fraction of sp³-hybridized carbons (Fsp3) is 0.500. The summed E-state index contributed by atoms with van der Waals surface area (Å²) in [5, 5.41) is 9.19. The first kappa shape index (κ1) is 14.4. The van der Waals surface area contributed by atoms with Crippen LogP contribution in [0.1, 0.15) is 13.8 Å². The number of rotatable bonds is 6. The average molecular weight is 251 g/mol. The molecule has 1 atom stereocenters. The van der Waals surface area contributed by atoms with Gasteiger partial charge in [-0.15, -0.1) is 0 Å². The van der Waals surface area contributed by atoms with Crippen molar-refractivity contribution in [1.29, 1.82) is 0 Å². The first-order valence-corrected chi connectivity index (χ1v) is 6.03. The number of hydrogen-bond donors (Lipinski definition) is 1. The Morgan fingerprint density at radius 3 is 2.61 bits per heavy atom. The molecule has 18 heavy (non-hydrogen) atoms. The van der Waals surface area contributed by atoms with Crippen molar-refractivity contribution < 1.29 is 14.6 Å². The maximum absolute atomic E-state index is 11.2. The molecule has 0 fully saturated rings. The van der Waals surface area contributed by atoms with E-state index < -0.39 is 5.97 Å². The van der Waals surface area contributed by atoms with Crippen molar-refractivity contribution >= 4 is 11.7 Å². The largest absolute Gasteiger partial charge is 0.497 e. The number of nitrogens with zero attached hydrogens (tertiary/aromatic N) is 1. The Kier molecular flexibility index (Phi) is 5.01. The van der Waals surface area contributed by atoms with Gasteiger partial charge in [0.2, 0.25) is 0 Å². The summed E-state index contributed by atoms with van der Waals surface area (Å²) in [5.74, 6) is -0.243. The fourth-order valence-corrected chi connectivity index (χ4v) is 1.82. The standard InChI is InChI=1S/C14H21NO3/c1-10(2)13(14(16)17)9-15(3)11-6-5-7-12(8-11)18-4/h5-8,10,13H,9H2,1-4H3,(H,16,17). The van der Waals surface area contributed by atoms with E-state index in [2.05, 4.69) is 0 Å². The number of carbonyl (C=O) groups is 1. The average Bonchev–Trinajstić information content (AvgIpc) is 2.34. The predicted molar refractivity (Wildman–Crippen MR) is 72.2 cm³/mol. The second kappa shape index (κ2) is 6.28. The van der Waals surface area contributed by atoms with Crippen LogP contribution in [0.3, 0.4) is 0 Å². The van der Waals surface area contributed by atoms with Crippen molar-refractivity contribution in [2.75, 3.05) is 25.6 Å². The Labute approximate surface area is 108 Å². The molecular weight excluding hydrogens is 230 g/mol. The van der Waals surface area contributed by atoms with Gasteiger partial charge in [0.1, 0.15) is 5.75 Å². The molecule has 1 N–H and O–H groups in total. The molecule has 0 saturated carbocycles. The summed E-state index contributed by atoms with van der Waals surface area (Å²) >= 11 is 0. The molecule has 1 rings (SSSR count). The van der Waals surface area contributed by atoms with Crippen molar-refractivity contribution in [2.24, 2.45) is 11.8 Å². The second-order valence-corrected chi connectivity index (χ2v) is 4.77. The molecule has 0 saturated heterocycles. The van der Waals surface area contributed by atoms with Crippen LogP contribution in [0.4, 0.5) is 5.69 Å². The normalized spacial score (nSPS) is 12.3. The topological polar surface area (TPSA) is 49.8 Å². The van der Waals surface area contributed by atoms with Crippen molar-refractivity contribution in [2.45, 2.75) is 13.8 Å². The highest BCUT2D eigenvalue weighted by Crippen LogP contribution is 2.22. The zero-order valence-electron chi connectivity index (χ0n) is 11.4. The van der Waals surface area contributed by atoms with E-state index in [1.165, 1.54) is 0 Å². The highest BCUT2D eigenvalue weighted by atomic mass is 16.5. The van der Waals surface area contributed by atoms with E-state index in [1.54, 1.807) is 7.11 Å². The number of methoxy groups -OCH3 is 1. The number of hydrogen-bond acceptors (Lipinski definition) is 3. The molecular formula is C14H21NO3. The molecule has 0 amide bonds. The van der Waals surface area contributed by atoms with E-state index in [9.17, 15) is 9.90 Å². The van der Waals surface area contributed by atoms with Gasteiger partial charge in [-0.25, -0.2) is 0 Å². The number of aliphatic carboxylic acids is 1. The maximum Gasteiger partial charge on any atom is 0.308 e. The highest BCUT2D eigenvalue weighted by Gasteiger charge is 2.23. The number of carboxylic acids is 1. The minimum absolute atomic E-state index is 0.107. The van der Waals surface area contributed by atoms with Gasteiger partial charge in [0.25, 0.3) is 0 Å². The van der Waals surface area contributed by atoms with Crippen LogP contribution in [-0.2, 0) is 4.79 Å². The number of carboxylic acid groups (broad SMARTS) is 1. The van der Waals surface area contributed by atoms with Crippen LogP contribution >= 0.6 is 0 Å². The molecule has 4 nitrogen and oxygen atoms in total. The van der Waals surface area contributed by atoms with Gasteiger partial charge in [0, 0.05) is 25.3 Å². The molecule has 1 aromatic rings. The van der Waals surface area contributed by atoms with E-state index in [-0.39, 0.29) is 11.8 Å². The summed E-state index contributed by atoms with van der Waals surface area (Å²) in [6.45, 7) is 4.34. The molecule has 0 radical (unpaired) electrons. The molecule has 4 heteroatoms. The van der Waals surface area contributed by atoms with Crippen LogP contribution in [0.5, 0.6) is 5.75 Å². The number of ether oxygens (including phenoxy) is 1. The Morgan fingerprint density at radius 2 is 2.11 bits per heavy atom. The first-order chi connectivity index (χ1) is 8.45. The van der Waals surface area contributed by atoms with Crippen LogP contribution in [-0.4, -0.2) is 31.8 Å². The monoisotopic (exact) mass is 251 g/mol. The second-order valence-electron chi connectivity index (χ2n) is 4.77. The third kappa shape index (κ3) is 3.65. The Balaban J connectivity index is 2.79. The van der Waals surface area contributed by atoms with Gasteiger partial charge in [0.15, 0.2) is 0 Å². The Hall–Kier alpha value is -1.71. The van der Waals surface area contributed by atoms with Gasteiger partial charge >= 0.3 is 5.97 Å². The van der Waals surface area contributed by atoms with Crippen molar-refractivity contribution in [3.8, 4) is 5.75 Å². The molecule has 0 aliphatic rings. The molecule has 1 aromatic carbocycles. The van der Waals surface area contributed by atoms with Crippen molar-refractivity contribution in [3.05, 3.63) is 24.3 Å². The summed E-state index contributed by atoms with van der Waals surface area (Å²) in [6, 6.07) is 7.62. The van der Waals surface area contributed by atoms with Gasteiger partial charge in [-0.1, -0.05) is 19.9 Å². The zero-order chi connectivity index (χ0) is 13.7. The lowest BCUT2D eigenvalue weighted by Crippen LogP contribution is -2.33. The van der Waals surface area contributed by atoms with E-state index in [0.29, 0.717) is 6.54 Å². The van der Waals surface area contributed by atoms with Crippen LogP contribution in [0.25, 0.3) is 0 Å². The minimum Gasteiger partial charge on any atom is -0.497 e. The highest BCUT2D eigenvalue weighted by molar-refractivity contribution is 5.71. The molecule has 0 aromatic heterocycles. The van der Waals surface area contributed by atoms with Crippen LogP contribution in [0.15, 0.2) is 24.3 Å². The number of anilines is 1. The fourth-order valence-electron chi connectivity index (χ4n) is 1.82. The molecule has 0 spiro atoms. The van der Waals surface area contributed by atoms with Gasteiger partial charge in [-0.3, -0.25) is 4.79 Å². The molecule has 0 heterocycles. The lowest BCUT2D eigenvalue weighted by molar-refractivity contribution is -0.142. The molecule has 100 valence electrons. The summed E-state index contributed by atoms with van der Waals surface area (Å²) in [7, 11) is 3.51.